The van der Waals surface area contributed by atoms with Crippen molar-refractivity contribution in [3.63, 3.8) is 0 Å². The number of rotatable bonds is 5. The van der Waals surface area contributed by atoms with Crippen LogP contribution >= 0.6 is 0 Å². The number of halogens is 3. The Hall–Kier alpha value is -3.68. The van der Waals surface area contributed by atoms with Crippen LogP contribution in [0.2, 0.25) is 0 Å². The molecule has 2 aromatic carbocycles. The lowest BCUT2D eigenvalue weighted by Gasteiger charge is -2.16. The highest BCUT2D eigenvalue weighted by molar-refractivity contribution is 5.94. The van der Waals surface area contributed by atoms with Crippen molar-refractivity contribution in [3.8, 4) is 17.5 Å². The van der Waals surface area contributed by atoms with E-state index < -0.39 is 17.7 Å². The maximum absolute atomic E-state index is 13.1. The van der Waals surface area contributed by atoms with Gasteiger partial charge in [0.05, 0.1) is 18.4 Å². The lowest BCUT2D eigenvalue weighted by atomic mass is 10.0. The average Bonchev–Trinajstić information content (AvgIpc) is 3.46. The van der Waals surface area contributed by atoms with Crippen molar-refractivity contribution in [2.45, 2.75) is 25.3 Å². The third kappa shape index (κ3) is 4.14. The molecule has 1 aliphatic heterocycles. The number of carbonyl (C=O) groups excluding carboxylic acids is 1. The summed E-state index contributed by atoms with van der Waals surface area (Å²) in [7, 11) is 0. The summed E-state index contributed by atoms with van der Waals surface area (Å²) in [5, 5.41) is 10.8. The van der Waals surface area contributed by atoms with Crippen molar-refractivity contribution >= 4 is 5.91 Å². The van der Waals surface area contributed by atoms with Gasteiger partial charge in [-0.1, -0.05) is 23.3 Å². The fourth-order valence-corrected chi connectivity index (χ4v) is 3.00. The first-order valence-electron chi connectivity index (χ1n) is 9.26. The van der Waals surface area contributed by atoms with Crippen LogP contribution in [-0.4, -0.2) is 27.1 Å². The van der Waals surface area contributed by atoms with Crippen LogP contribution in [0.15, 0.2) is 54.7 Å². The largest absolute Gasteiger partial charge is 0.426 e. The van der Waals surface area contributed by atoms with E-state index >= 15 is 0 Å². The van der Waals surface area contributed by atoms with Crippen molar-refractivity contribution in [2.24, 2.45) is 0 Å². The number of aromatic nitrogens is 3. The molecule has 1 saturated heterocycles. The van der Waals surface area contributed by atoms with Crippen LogP contribution < -0.4 is 16.2 Å². The van der Waals surface area contributed by atoms with E-state index in [1.165, 1.54) is 24.3 Å². The van der Waals surface area contributed by atoms with Crippen molar-refractivity contribution in [2.75, 3.05) is 0 Å². The van der Waals surface area contributed by atoms with Gasteiger partial charge in [-0.15, -0.1) is 11.0 Å². The molecule has 3 aromatic rings. The van der Waals surface area contributed by atoms with Gasteiger partial charge in [0.25, 0.3) is 5.91 Å². The van der Waals surface area contributed by atoms with Gasteiger partial charge in [-0.25, -0.2) is 15.5 Å². The molecule has 1 amide bonds. The monoisotopic (exact) mass is 426 g/mol. The first-order chi connectivity index (χ1) is 14.8. The number of hydrogen-bond donors (Lipinski definition) is 3. The highest BCUT2D eigenvalue weighted by Gasteiger charge is 2.65. The van der Waals surface area contributed by atoms with Gasteiger partial charge in [-0.3, -0.25) is 4.79 Å². The number of hydrazine groups is 1. The molecule has 1 aliphatic rings. The van der Waals surface area contributed by atoms with E-state index in [0.717, 1.165) is 11.3 Å². The van der Waals surface area contributed by atoms with Crippen LogP contribution in [0, 0.1) is 11.8 Å². The lowest BCUT2D eigenvalue weighted by Crippen LogP contribution is -2.34. The molecule has 4 rings (SSSR count). The molecule has 0 atom stereocenters. The maximum Gasteiger partial charge on any atom is 0.426 e. The second-order valence-corrected chi connectivity index (χ2v) is 6.83. The van der Waals surface area contributed by atoms with Gasteiger partial charge in [0.15, 0.2) is 0 Å². The Morgan fingerprint density at radius 3 is 2.39 bits per heavy atom. The summed E-state index contributed by atoms with van der Waals surface area (Å²) in [5.41, 5.74) is 4.44. The summed E-state index contributed by atoms with van der Waals surface area (Å²) in [6.07, 6.45) is -2.81. The molecule has 10 heteroatoms. The smallest absolute Gasteiger partial charge is 0.346 e. The predicted molar refractivity (Wildman–Crippen MR) is 106 cm³/mol. The summed E-state index contributed by atoms with van der Waals surface area (Å²) in [5.74, 6) is 5.35. The molecule has 1 fully saturated rings. The van der Waals surface area contributed by atoms with E-state index in [9.17, 15) is 18.0 Å². The molecule has 7 nitrogen and oxygen atoms in total. The fraction of sp³-hybridized carbons (Fsp3) is 0.190. The average molecular weight is 426 g/mol. The van der Waals surface area contributed by atoms with E-state index in [0.29, 0.717) is 5.69 Å². The summed E-state index contributed by atoms with van der Waals surface area (Å²) in [6, 6.07) is 12.7. The highest BCUT2D eigenvalue weighted by Crippen LogP contribution is 2.41. The molecular weight excluding hydrogens is 409 g/mol. The maximum atomic E-state index is 13.1. The van der Waals surface area contributed by atoms with E-state index in [1.54, 1.807) is 17.8 Å². The summed E-state index contributed by atoms with van der Waals surface area (Å²) in [6.45, 7) is 1.89. The van der Waals surface area contributed by atoms with E-state index in [1.807, 2.05) is 24.3 Å². The highest BCUT2D eigenvalue weighted by atomic mass is 19.4. The van der Waals surface area contributed by atoms with Crippen molar-refractivity contribution in [1.82, 2.24) is 31.2 Å². The van der Waals surface area contributed by atoms with Gasteiger partial charge >= 0.3 is 6.18 Å². The van der Waals surface area contributed by atoms with Gasteiger partial charge < -0.3 is 5.32 Å². The molecule has 1 aromatic heterocycles. The summed E-state index contributed by atoms with van der Waals surface area (Å²) < 4.78 is 40.9. The topological polar surface area (TPSA) is 104 Å². The van der Waals surface area contributed by atoms with Gasteiger partial charge in [-0.05, 0) is 48.9 Å². The number of benzene rings is 2. The third-order valence-electron chi connectivity index (χ3n) is 4.75. The molecule has 158 valence electrons. The van der Waals surface area contributed by atoms with E-state index in [2.05, 4.69) is 38.3 Å². The number of carbonyl (C=O) groups is 1. The van der Waals surface area contributed by atoms with E-state index in [4.69, 9.17) is 0 Å². The van der Waals surface area contributed by atoms with Gasteiger partial charge in [-0.2, -0.15) is 13.2 Å². The number of amides is 1. The zero-order chi connectivity index (χ0) is 22.1. The fourth-order valence-electron chi connectivity index (χ4n) is 3.00. The summed E-state index contributed by atoms with van der Waals surface area (Å²) in [4.78, 5) is 12.3. The summed E-state index contributed by atoms with van der Waals surface area (Å²) >= 11 is 0. The molecule has 31 heavy (non-hydrogen) atoms. The minimum atomic E-state index is -4.49. The Bertz CT molecular complexity index is 1150. The first kappa shape index (κ1) is 20.6. The second kappa shape index (κ2) is 7.86. The Labute approximate surface area is 175 Å². The molecule has 3 N–H and O–H groups in total. The minimum Gasteiger partial charge on any atom is -0.346 e. The Morgan fingerprint density at radius 2 is 1.81 bits per heavy atom. The zero-order valence-electron chi connectivity index (χ0n) is 16.3. The molecule has 0 unspecified atom stereocenters. The van der Waals surface area contributed by atoms with Gasteiger partial charge in [0.1, 0.15) is 5.69 Å². The van der Waals surface area contributed by atoms with Crippen LogP contribution in [-0.2, 0) is 12.2 Å². The van der Waals surface area contributed by atoms with Crippen molar-refractivity contribution in [3.05, 3.63) is 77.1 Å². The minimum absolute atomic E-state index is 0.0181. The van der Waals surface area contributed by atoms with Gasteiger partial charge in [0.2, 0.25) is 5.66 Å². The zero-order valence-corrected chi connectivity index (χ0v) is 16.3. The molecule has 0 bridgehead atoms. The molecule has 0 spiro atoms. The number of nitrogens with one attached hydrogen (secondary N) is 3. The van der Waals surface area contributed by atoms with Crippen LogP contribution in [0.4, 0.5) is 13.2 Å². The molecule has 0 radical (unpaired) electrons. The van der Waals surface area contributed by atoms with Gasteiger partial charge in [0, 0.05) is 11.1 Å². The second-order valence-electron chi connectivity index (χ2n) is 6.83. The number of alkyl halides is 3. The lowest BCUT2D eigenvalue weighted by molar-refractivity contribution is -0.165. The number of nitrogens with zero attached hydrogens (tertiary/aromatic N) is 3. The third-order valence-corrected chi connectivity index (χ3v) is 4.75. The molecule has 0 aliphatic carbocycles. The molecule has 2 heterocycles. The van der Waals surface area contributed by atoms with Crippen LogP contribution in [0.25, 0.3) is 5.69 Å². The molecular formula is C21H17F3N6O. The van der Waals surface area contributed by atoms with E-state index in [-0.39, 0.29) is 17.7 Å². The van der Waals surface area contributed by atoms with Crippen molar-refractivity contribution < 1.29 is 18.0 Å². The number of hydrogen-bond acceptors (Lipinski definition) is 5. The Morgan fingerprint density at radius 1 is 1.13 bits per heavy atom. The predicted octanol–water partition coefficient (Wildman–Crippen LogP) is 2.39. The van der Waals surface area contributed by atoms with Crippen molar-refractivity contribution in [1.29, 1.82) is 0 Å². The molecule has 0 saturated carbocycles. The first-order valence-corrected chi connectivity index (χ1v) is 9.26. The SMILES string of the molecule is CC#Cc1ccc(-n2cc(CNC(=O)c3ccc(C4(C(F)(F)F)NN4)cc3)nn2)cc1. The van der Waals surface area contributed by atoms with Crippen LogP contribution in [0.3, 0.4) is 0 Å². The van der Waals surface area contributed by atoms with Crippen LogP contribution in [0.1, 0.15) is 34.1 Å². The Kier molecular flexibility index (Phi) is 5.22. The standard InChI is InChI=1S/C21H17F3N6O/c1-2-3-14-4-10-18(11-5-14)30-13-17(26-29-30)12-25-19(31)15-6-8-16(9-7-15)20(27-28-20)21(22,23)24/h4-11,13,27-28H,12H2,1H3,(H,25,31). The Balaban J connectivity index is 1.37. The normalized spacial score (nSPS) is 14.5. The van der Waals surface area contributed by atoms with Crippen LogP contribution in [0.5, 0.6) is 0 Å². The quantitative estimate of drug-likeness (QED) is 0.429.